The standard InChI is InChI=1S/C9H12O5/c1-3-6(12-7(10)4-2)9-5-11-8(13-9)14-9/h4,6,8H,2-3,5H2,1H3. The molecule has 0 amide bonds. The first kappa shape index (κ1) is 9.64. The third kappa shape index (κ3) is 1.33. The summed E-state index contributed by atoms with van der Waals surface area (Å²) < 4.78 is 20.7. The van der Waals surface area contributed by atoms with Crippen molar-refractivity contribution in [3.63, 3.8) is 0 Å². The van der Waals surface area contributed by atoms with Crippen LogP contribution in [0.5, 0.6) is 0 Å². The highest BCUT2D eigenvalue weighted by Gasteiger charge is 2.61. The van der Waals surface area contributed by atoms with E-state index < -0.39 is 24.3 Å². The fourth-order valence-corrected chi connectivity index (χ4v) is 1.57. The minimum atomic E-state index is -0.877. The van der Waals surface area contributed by atoms with Crippen LogP contribution in [0.2, 0.25) is 0 Å². The van der Waals surface area contributed by atoms with E-state index in [0.29, 0.717) is 13.0 Å². The van der Waals surface area contributed by atoms with E-state index in [1.807, 2.05) is 6.92 Å². The lowest BCUT2D eigenvalue weighted by atomic mass is 10.1. The van der Waals surface area contributed by atoms with Crippen LogP contribution in [0.4, 0.5) is 0 Å². The molecule has 0 aromatic heterocycles. The van der Waals surface area contributed by atoms with Gasteiger partial charge in [-0.1, -0.05) is 13.5 Å². The van der Waals surface area contributed by atoms with Gasteiger partial charge in [0.05, 0.1) is 0 Å². The van der Waals surface area contributed by atoms with Crippen LogP contribution in [-0.2, 0) is 23.7 Å². The minimum Gasteiger partial charge on any atom is -0.453 e. The molecule has 3 aliphatic rings. The van der Waals surface area contributed by atoms with E-state index in [9.17, 15) is 4.79 Å². The van der Waals surface area contributed by atoms with E-state index in [0.717, 1.165) is 6.08 Å². The van der Waals surface area contributed by atoms with E-state index in [1.54, 1.807) is 0 Å². The second-order valence-corrected chi connectivity index (χ2v) is 3.19. The van der Waals surface area contributed by atoms with Crippen molar-refractivity contribution in [2.24, 2.45) is 0 Å². The van der Waals surface area contributed by atoms with Gasteiger partial charge in [-0.15, -0.1) is 0 Å². The third-order valence-corrected chi connectivity index (χ3v) is 2.30. The molecule has 0 aromatic rings. The van der Waals surface area contributed by atoms with Gasteiger partial charge in [-0.25, -0.2) is 4.79 Å². The summed E-state index contributed by atoms with van der Waals surface area (Å²) in [5.74, 6) is -1.35. The molecule has 3 heterocycles. The van der Waals surface area contributed by atoms with Gasteiger partial charge in [-0.05, 0) is 6.42 Å². The van der Waals surface area contributed by atoms with Crippen molar-refractivity contribution in [3.05, 3.63) is 12.7 Å². The molecule has 14 heavy (non-hydrogen) atoms. The maximum Gasteiger partial charge on any atom is 0.330 e. The number of fused-ring (bicyclic) bond motifs is 1. The smallest absolute Gasteiger partial charge is 0.330 e. The van der Waals surface area contributed by atoms with E-state index in [1.165, 1.54) is 0 Å². The monoisotopic (exact) mass is 200 g/mol. The fraction of sp³-hybridized carbons (Fsp3) is 0.667. The average Bonchev–Trinajstić information content (AvgIpc) is 2.72. The molecule has 1 unspecified atom stereocenters. The first-order valence-electron chi connectivity index (χ1n) is 4.50. The maximum absolute atomic E-state index is 11.0. The van der Waals surface area contributed by atoms with Crippen LogP contribution in [0.25, 0.3) is 0 Å². The number of hydrogen-bond donors (Lipinski definition) is 0. The topological polar surface area (TPSA) is 54.0 Å². The first-order chi connectivity index (χ1) is 6.70. The minimum absolute atomic E-state index is 0.306. The molecule has 3 aliphatic heterocycles. The number of carbonyl (C=O) groups is 1. The summed E-state index contributed by atoms with van der Waals surface area (Å²) in [4.78, 5) is 11.0. The van der Waals surface area contributed by atoms with Gasteiger partial charge in [0.1, 0.15) is 6.61 Å². The van der Waals surface area contributed by atoms with Gasteiger partial charge < -0.3 is 9.47 Å². The molecule has 3 fully saturated rings. The van der Waals surface area contributed by atoms with E-state index in [2.05, 4.69) is 6.58 Å². The van der Waals surface area contributed by atoms with Crippen molar-refractivity contribution in [2.45, 2.75) is 31.7 Å². The zero-order valence-electron chi connectivity index (χ0n) is 7.89. The Balaban J connectivity index is 1.99. The zero-order valence-corrected chi connectivity index (χ0v) is 7.89. The third-order valence-electron chi connectivity index (χ3n) is 2.30. The van der Waals surface area contributed by atoms with Crippen LogP contribution < -0.4 is 0 Å². The summed E-state index contributed by atoms with van der Waals surface area (Å²) in [5.41, 5.74) is 0. The van der Waals surface area contributed by atoms with E-state index >= 15 is 0 Å². The van der Waals surface area contributed by atoms with Gasteiger partial charge >= 0.3 is 5.97 Å². The highest BCUT2D eigenvalue weighted by molar-refractivity contribution is 5.81. The van der Waals surface area contributed by atoms with Crippen molar-refractivity contribution in [1.29, 1.82) is 0 Å². The van der Waals surface area contributed by atoms with Crippen LogP contribution in [-0.4, -0.2) is 30.9 Å². The molecule has 0 aromatic carbocycles. The van der Waals surface area contributed by atoms with Crippen LogP contribution in [0.3, 0.4) is 0 Å². The Labute approximate surface area is 81.6 Å². The second kappa shape index (κ2) is 3.34. The van der Waals surface area contributed by atoms with Crippen molar-refractivity contribution >= 4 is 5.97 Å². The molecule has 78 valence electrons. The Morgan fingerprint density at radius 1 is 1.79 bits per heavy atom. The molecular formula is C9H12O5. The summed E-state index contributed by atoms with van der Waals surface area (Å²) >= 11 is 0. The first-order valence-corrected chi connectivity index (χ1v) is 4.50. The van der Waals surface area contributed by atoms with Crippen LogP contribution >= 0.6 is 0 Å². The molecule has 3 rings (SSSR count). The molecule has 0 saturated carbocycles. The lowest BCUT2D eigenvalue weighted by Gasteiger charge is -2.39. The summed E-state index contributed by atoms with van der Waals surface area (Å²) in [6.45, 7) is 4.93. The number of ether oxygens (including phenoxy) is 4. The highest BCUT2D eigenvalue weighted by atomic mass is 17.0. The molecule has 5 nitrogen and oxygen atoms in total. The van der Waals surface area contributed by atoms with Gasteiger partial charge in [0.2, 0.25) is 5.79 Å². The molecule has 3 saturated heterocycles. The Bertz CT molecular complexity index is 250. The predicted octanol–water partition coefficient (Wildman–Crippen LogP) is 0.551. The quantitative estimate of drug-likeness (QED) is 0.490. The van der Waals surface area contributed by atoms with Crippen molar-refractivity contribution in [2.75, 3.05) is 6.61 Å². The lowest BCUT2D eigenvalue weighted by Crippen LogP contribution is -2.56. The van der Waals surface area contributed by atoms with Gasteiger partial charge in [-0.2, -0.15) is 0 Å². The SMILES string of the molecule is C=CC(=O)OC(CC)C12COC(O1)O2. The lowest BCUT2D eigenvalue weighted by molar-refractivity contribution is -0.456. The predicted molar refractivity (Wildman–Crippen MR) is 45.0 cm³/mol. The van der Waals surface area contributed by atoms with Gasteiger partial charge in [0, 0.05) is 6.08 Å². The number of esters is 1. The summed E-state index contributed by atoms with van der Waals surface area (Å²) in [5, 5.41) is 0. The second-order valence-electron chi connectivity index (χ2n) is 3.19. The molecule has 1 atom stereocenters. The number of carbonyl (C=O) groups excluding carboxylic acids is 1. The number of rotatable bonds is 4. The molecular weight excluding hydrogens is 188 g/mol. The molecule has 0 aliphatic carbocycles. The summed E-state index contributed by atoms with van der Waals surface area (Å²) in [6, 6.07) is 0. The molecule has 2 bridgehead atoms. The molecule has 0 spiro atoms. The van der Waals surface area contributed by atoms with Gasteiger partial charge in [0.15, 0.2) is 6.10 Å². The van der Waals surface area contributed by atoms with Crippen LogP contribution in [0.15, 0.2) is 12.7 Å². The van der Waals surface area contributed by atoms with Crippen molar-refractivity contribution in [1.82, 2.24) is 0 Å². The Morgan fingerprint density at radius 2 is 2.50 bits per heavy atom. The van der Waals surface area contributed by atoms with Crippen molar-refractivity contribution in [3.8, 4) is 0 Å². The average molecular weight is 200 g/mol. The summed E-state index contributed by atoms with van der Waals surface area (Å²) in [6.07, 6.45) is 1.28. The van der Waals surface area contributed by atoms with Crippen molar-refractivity contribution < 1.29 is 23.7 Å². The Morgan fingerprint density at radius 3 is 2.93 bits per heavy atom. The molecule has 5 heteroatoms. The fourth-order valence-electron chi connectivity index (χ4n) is 1.57. The van der Waals surface area contributed by atoms with E-state index in [-0.39, 0.29) is 0 Å². The van der Waals surface area contributed by atoms with Gasteiger partial charge in [0.25, 0.3) is 6.48 Å². The Hall–Kier alpha value is -0.910. The zero-order chi connectivity index (χ0) is 10.2. The van der Waals surface area contributed by atoms with Gasteiger partial charge in [-0.3, -0.25) is 9.47 Å². The highest BCUT2D eigenvalue weighted by Crippen LogP contribution is 2.42. The summed E-state index contributed by atoms with van der Waals surface area (Å²) in [7, 11) is 0. The van der Waals surface area contributed by atoms with Crippen LogP contribution in [0.1, 0.15) is 13.3 Å². The largest absolute Gasteiger partial charge is 0.453 e. The van der Waals surface area contributed by atoms with E-state index in [4.69, 9.17) is 18.9 Å². The van der Waals surface area contributed by atoms with Crippen LogP contribution in [0, 0.1) is 0 Å². The number of hydrogen-bond acceptors (Lipinski definition) is 5. The molecule has 0 N–H and O–H groups in total. The Kier molecular flexibility index (Phi) is 2.30. The molecule has 0 radical (unpaired) electrons. The maximum atomic E-state index is 11.0. The normalized spacial score (nSPS) is 35.9.